The molecule has 0 amide bonds. The largest absolute Gasteiger partial charge is 0.316 e. The summed E-state index contributed by atoms with van der Waals surface area (Å²) in [5.41, 5.74) is 1.47. The van der Waals surface area contributed by atoms with E-state index in [0.717, 1.165) is 10.5 Å². The number of hydrogen-bond acceptors (Lipinski definition) is 3. The van der Waals surface area contributed by atoms with Gasteiger partial charge in [0.15, 0.2) is 0 Å². The monoisotopic (exact) mass is 309 g/mol. The molecule has 0 saturated carbocycles. The van der Waals surface area contributed by atoms with Gasteiger partial charge in [-0.2, -0.15) is 23.5 Å². The summed E-state index contributed by atoms with van der Waals surface area (Å²) in [6.07, 6.45) is 5.09. The van der Waals surface area contributed by atoms with Crippen LogP contribution in [0.5, 0.6) is 0 Å². The molecule has 1 aliphatic rings. The maximum absolute atomic E-state index is 3.59. The van der Waals surface area contributed by atoms with Gasteiger partial charge in [0.05, 0.1) is 0 Å². The average Bonchev–Trinajstić information content (AvgIpc) is 2.53. The first-order valence-electron chi connectivity index (χ1n) is 7.79. The molecule has 3 heteroatoms. The summed E-state index contributed by atoms with van der Waals surface area (Å²) in [4.78, 5) is 0. The third-order valence-electron chi connectivity index (χ3n) is 4.09. The lowest BCUT2D eigenvalue weighted by Gasteiger charge is -2.36. The van der Waals surface area contributed by atoms with Crippen LogP contribution in [-0.4, -0.2) is 35.1 Å². The van der Waals surface area contributed by atoms with Gasteiger partial charge < -0.3 is 5.32 Å². The van der Waals surface area contributed by atoms with Gasteiger partial charge in [-0.3, -0.25) is 0 Å². The van der Waals surface area contributed by atoms with Crippen LogP contribution >= 0.6 is 23.5 Å². The second-order valence-electron chi connectivity index (χ2n) is 5.43. The number of benzene rings is 1. The molecule has 1 fully saturated rings. The molecule has 1 N–H and O–H groups in total. The summed E-state index contributed by atoms with van der Waals surface area (Å²) >= 11 is 4.38. The molecule has 0 aliphatic carbocycles. The summed E-state index contributed by atoms with van der Waals surface area (Å²) in [5, 5.41) is 5.22. The van der Waals surface area contributed by atoms with Gasteiger partial charge in [0.25, 0.3) is 0 Å². The van der Waals surface area contributed by atoms with Crippen LogP contribution in [0.25, 0.3) is 0 Å². The molecule has 0 aromatic heterocycles. The first kappa shape index (κ1) is 16.3. The van der Waals surface area contributed by atoms with Crippen LogP contribution in [0, 0.1) is 0 Å². The Morgan fingerprint density at radius 1 is 1.20 bits per heavy atom. The summed E-state index contributed by atoms with van der Waals surface area (Å²) in [7, 11) is 2.14. The Bertz CT molecular complexity index is 369. The minimum atomic E-state index is 0.668. The highest BCUT2D eigenvalue weighted by Crippen LogP contribution is 2.36. The summed E-state index contributed by atoms with van der Waals surface area (Å²) in [6.45, 7) is 2.34. The van der Waals surface area contributed by atoms with E-state index in [1.807, 2.05) is 0 Å². The fourth-order valence-corrected chi connectivity index (χ4v) is 6.30. The predicted octanol–water partition coefficient (Wildman–Crippen LogP) is 4.22. The molecule has 1 aliphatic heterocycles. The van der Waals surface area contributed by atoms with E-state index in [0.29, 0.717) is 6.04 Å². The third kappa shape index (κ3) is 4.71. The Balaban J connectivity index is 1.82. The van der Waals surface area contributed by atoms with Gasteiger partial charge in [-0.1, -0.05) is 37.3 Å². The van der Waals surface area contributed by atoms with Gasteiger partial charge in [0.2, 0.25) is 0 Å². The van der Waals surface area contributed by atoms with Crippen molar-refractivity contribution in [2.24, 2.45) is 0 Å². The molecule has 2 rings (SSSR count). The van der Waals surface area contributed by atoms with E-state index in [9.17, 15) is 0 Å². The zero-order valence-corrected chi connectivity index (χ0v) is 14.3. The van der Waals surface area contributed by atoms with Crippen LogP contribution in [0.15, 0.2) is 30.3 Å². The zero-order valence-electron chi connectivity index (χ0n) is 12.7. The Labute approximate surface area is 132 Å². The molecular weight excluding hydrogens is 282 g/mol. The quantitative estimate of drug-likeness (QED) is 0.810. The molecule has 20 heavy (non-hydrogen) atoms. The van der Waals surface area contributed by atoms with E-state index in [2.05, 4.69) is 73.1 Å². The van der Waals surface area contributed by atoms with Gasteiger partial charge in [0.1, 0.15) is 0 Å². The summed E-state index contributed by atoms with van der Waals surface area (Å²) in [6, 6.07) is 11.5. The predicted molar refractivity (Wildman–Crippen MR) is 95.0 cm³/mol. The maximum atomic E-state index is 3.59. The Morgan fingerprint density at radius 2 is 1.95 bits per heavy atom. The fourth-order valence-electron chi connectivity index (χ4n) is 2.95. The number of thioether (sulfide) groups is 2. The molecule has 112 valence electrons. The Kier molecular flexibility index (Phi) is 7.32. The molecule has 3 unspecified atom stereocenters. The van der Waals surface area contributed by atoms with Crippen LogP contribution < -0.4 is 5.32 Å². The number of nitrogens with one attached hydrogen (secondary N) is 1. The van der Waals surface area contributed by atoms with Crippen LogP contribution in [0.3, 0.4) is 0 Å². The highest BCUT2D eigenvalue weighted by Gasteiger charge is 2.30. The van der Waals surface area contributed by atoms with Crippen LogP contribution in [0.1, 0.15) is 31.7 Å². The summed E-state index contributed by atoms with van der Waals surface area (Å²) in [5.74, 6) is 2.66. The van der Waals surface area contributed by atoms with Gasteiger partial charge in [-0.25, -0.2) is 0 Å². The Hall–Kier alpha value is -0.120. The highest BCUT2D eigenvalue weighted by atomic mass is 32.2. The van der Waals surface area contributed by atoms with Crippen molar-refractivity contribution in [3.63, 3.8) is 0 Å². The lowest BCUT2D eigenvalue weighted by Crippen LogP contribution is -2.43. The van der Waals surface area contributed by atoms with E-state index in [1.54, 1.807) is 0 Å². The second kappa shape index (κ2) is 9.01. The van der Waals surface area contributed by atoms with E-state index in [1.165, 1.54) is 42.8 Å². The molecule has 1 aromatic rings. The molecule has 0 spiro atoms. The standard InChI is InChI=1S/C17H27NS2/c1-3-16-17(20-13-12-19-16)15(18-2)11-7-10-14-8-5-4-6-9-14/h4-6,8-9,15-18H,3,7,10-13H2,1-2H3. The highest BCUT2D eigenvalue weighted by molar-refractivity contribution is 8.07. The van der Waals surface area contributed by atoms with E-state index in [-0.39, 0.29) is 0 Å². The third-order valence-corrected chi connectivity index (χ3v) is 7.49. The Morgan fingerprint density at radius 3 is 2.65 bits per heavy atom. The number of rotatable bonds is 7. The van der Waals surface area contributed by atoms with Crippen LogP contribution in [0.2, 0.25) is 0 Å². The molecule has 1 saturated heterocycles. The topological polar surface area (TPSA) is 12.0 Å². The van der Waals surface area contributed by atoms with E-state index in [4.69, 9.17) is 0 Å². The van der Waals surface area contributed by atoms with Crippen molar-refractivity contribution in [1.82, 2.24) is 5.32 Å². The minimum absolute atomic E-state index is 0.668. The molecule has 3 atom stereocenters. The van der Waals surface area contributed by atoms with Gasteiger partial charge >= 0.3 is 0 Å². The molecular formula is C17H27NS2. The van der Waals surface area contributed by atoms with Gasteiger partial charge in [-0.05, 0) is 38.3 Å². The van der Waals surface area contributed by atoms with Crippen molar-refractivity contribution >= 4 is 23.5 Å². The van der Waals surface area contributed by atoms with Gasteiger partial charge in [-0.15, -0.1) is 0 Å². The fraction of sp³-hybridized carbons (Fsp3) is 0.647. The van der Waals surface area contributed by atoms with E-state index >= 15 is 0 Å². The molecule has 0 bridgehead atoms. The lowest BCUT2D eigenvalue weighted by atomic mass is 10.0. The smallest absolute Gasteiger partial charge is 0.0320 e. The van der Waals surface area contributed by atoms with Crippen molar-refractivity contribution in [2.45, 2.75) is 49.1 Å². The van der Waals surface area contributed by atoms with Crippen molar-refractivity contribution in [3.05, 3.63) is 35.9 Å². The first-order valence-corrected chi connectivity index (χ1v) is 9.89. The summed E-state index contributed by atoms with van der Waals surface area (Å²) < 4.78 is 0. The van der Waals surface area contributed by atoms with Crippen LogP contribution in [0.4, 0.5) is 0 Å². The second-order valence-corrected chi connectivity index (χ2v) is 8.06. The SMILES string of the molecule is CCC1SCCSC1C(CCCc1ccccc1)NC. The number of aryl methyl sites for hydroxylation is 1. The normalized spacial score (nSPS) is 24.5. The molecule has 0 radical (unpaired) electrons. The number of hydrogen-bond donors (Lipinski definition) is 1. The molecule has 1 heterocycles. The maximum Gasteiger partial charge on any atom is 0.0320 e. The van der Waals surface area contributed by atoms with Crippen molar-refractivity contribution in [1.29, 1.82) is 0 Å². The van der Waals surface area contributed by atoms with Crippen molar-refractivity contribution in [2.75, 3.05) is 18.6 Å². The minimum Gasteiger partial charge on any atom is -0.316 e. The molecule has 1 nitrogen and oxygen atoms in total. The first-order chi connectivity index (χ1) is 9.85. The lowest BCUT2D eigenvalue weighted by molar-refractivity contribution is 0.474. The van der Waals surface area contributed by atoms with Crippen LogP contribution in [-0.2, 0) is 6.42 Å². The zero-order chi connectivity index (χ0) is 14.2. The van der Waals surface area contributed by atoms with Crippen molar-refractivity contribution in [3.8, 4) is 0 Å². The average molecular weight is 310 g/mol. The van der Waals surface area contributed by atoms with Crippen molar-refractivity contribution < 1.29 is 0 Å². The van der Waals surface area contributed by atoms with E-state index < -0.39 is 0 Å². The van der Waals surface area contributed by atoms with Gasteiger partial charge in [0, 0.05) is 28.0 Å². The molecule has 1 aromatic carbocycles.